The van der Waals surface area contributed by atoms with Gasteiger partial charge in [0.1, 0.15) is 18.2 Å². The first-order valence-electron chi connectivity index (χ1n) is 9.80. The first-order valence-corrected chi connectivity index (χ1v) is 10.2. The van der Waals surface area contributed by atoms with E-state index in [1.807, 2.05) is 54.3 Å². The Kier molecular flexibility index (Phi) is 5.53. The van der Waals surface area contributed by atoms with E-state index in [2.05, 4.69) is 10.6 Å². The Hall–Kier alpha value is -2.53. The first-order chi connectivity index (χ1) is 13.7. The third-order valence-electron chi connectivity index (χ3n) is 5.25. The molecule has 2 aromatic carbocycles. The molecule has 0 N–H and O–H groups in total. The lowest BCUT2D eigenvalue weighted by Crippen LogP contribution is -2.31. The summed E-state index contributed by atoms with van der Waals surface area (Å²) in [5, 5.41) is 0.692. The zero-order valence-corrected chi connectivity index (χ0v) is 16.7. The van der Waals surface area contributed by atoms with Crippen molar-refractivity contribution in [3.05, 3.63) is 59.4 Å². The molecule has 1 amide bonds. The quantitative estimate of drug-likeness (QED) is 0.597. The van der Waals surface area contributed by atoms with Gasteiger partial charge in [-0.2, -0.15) is 0 Å². The SMILES string of the molecule is CCC(=O)N1CCC[C@H]1c1nc2ccccc2n1CCOc1ccc(Cl)cc1. The van der Waals surface area contributed by atoms with Gasteiger partial charge in [-0.15, -0.1) is 0 Å². The molecule has 0 spiro atoms. The summed E-state index contributed by atoms with van der Waals surface area (Å²) in [6.45, 7) is 3.91. The van der Waals surface area contributed by atoms with E-state index in [1.165, 1.54) is 0 Å². The molecule has 1 aliphatic heterocycles. The van der Waals surface area contributed by atoms with E-state index in [1.54, 1.807) is 0 Å². The third kappa shape index (κ3) is 3.72. The van der Waals surface area contributed by atoms with Crippen LogP contribution in [0, 0.1) is 0 Å². The zero-order valence-electron chi connectivity index (χ0n) is 16.0. The largest absolute Gasteiger partial charge is 0.492 e. The number of imidazole rings is 1. The summed E-state index contributed by atoms with van der Waals surface area (Å²) in [6, 6.07) is 15.5. The molecule has 5 nitrogen and oxygen atoms in total. The minimum absolute atomic E-state index is 0.0374. The number of hydrogen-bond acceptors (Lipinski definition) is 3. The lowest BCUT2D eigenvalue weighted by Gasteiger charge is -2.25. The van der Waals surface area contributed by atoms with Gasteiger partial charge in [0.05, 0.1) is 23.6 Å². The lowest BCUT2D eigenvalue weighted by molar-refractivity contribution is -0.131. The van der Waals surface area contributed by atoms with Crippen molar-refractivity contribution in [1.29, 1.82) is 0 Å². The van der Waals surface area contributed by atoms with Crippen molar-refractivity contribution in [2.24, 2.45) is 0 Å². The van der Waals surface area contributed by atoms with Gasteiger partial charge in [-0.25, -0.2) is 4.98 Å². The number of fused-ring (bicyclic) bond motifs is 1. The molecule has 1 fully saturated rings. The third-order valence-corrected chi connectivity index (χ3v) is 5.51. The summed E-state index contributed by atoms with van der Waals surface area (Å²) in [7, 11) is 0. The van der Waals surface area contributed by atoms with Crippen molar-refractivity contribution in [1.82, 2.24) is 14.5 Å². The molecular formula is C22H24ClN3O2. The molecule has 1 saturated heterocycles. The standard InChI is InChI=1S/C22H24ClN3O2/c1-2-21(27)25-13-5-8-20(25)22-24-18-6-3-4-7-19(18)26(22)14-15-28-17-11-9-16(23)10-12-17/h3-4,6-7,9-12,20H,2,5,8,13-15H2,1H3/t20-/m0/s1. The maximum Gasteiger partial charge on any atom is 0.222 e. The van der Waals surface area contributed by atoms with E-state index in [-0.39, 0.29) is 11.9 Å². The second-order valence-corrected chi connectivity index (χ2v) is 7.45. The van der Waals surface area contributed by atoms with Gasteiger partial charge in [0, 0.05) is 18.0 Å². The molecule has 0 unspecified atom stereocenters. The number of rotatable bonds is 6. The lowest BCUT2D eigenvalue weighted by atomic mass is 10.2. The average Bonchev–Trinajstić information content (AvgIpc) is 3.34. The van der Waals surface area contributed by atoms with Crippen LogP contribution in [0.3, 0.4) is 0 Å². The summed E-state index contributed by atoms with van der Waals surface area (Å²) in [4.78, 5) is 19.3. The number of nitrogens with zero attached hydrogens (tertiary/aromatic N) is 3. The Labute approximate surface area is 169 Å². The molecule has 1 aromatic heterocycles. The summed E-state index contributed by atoms with van der Waals surface area (Å²) in [5.74, 6) is 1.94. The number of hydrogen-bond donors (Lipinski definition) is 0. The number of amides is 1. The predicted octanol–water partition coefficient (Wildman–Crippen LogP) is 4.84. The maximum absolute atomic E-state index is 12.4. The molecule has 146 valence electrons. The van der Waals surface area contributed by atoms with Crippen molar-refractivity contribution in [3.8, 4) is 5.75 Å². The number of para-hydroxylation sites is 2. The Bertz CT molecular complexity index is 968. The van der Waals surface area contributed by atoms with Crippen LogP contribution in [0.4, 0.5) is 0 Å². The van der Waals surface area contributed by atoms with Gasteiger partial charge in [-0.05, 0) is 49.2 Å². The fourth-order valence-corrected chi connectivity index (χ4v) is 4.03. The van der Waals surface area contributed by atoms with Crippen molar-refractivity contribution >= 4 is 28.5 Å². The van der Waals surface area contributed by atoms with Crippen molar-refractivity contribution in [2.75, 3.05) is 13.2 Å². The summed E-state index contributed by atoms with van der Waals surface area (Å²) < 4.78 is 8.11. The van der Waals surface area contributed by atoms with Gasteiger partial charge in [0.15, 0.2) is 0 Å². The Morgan fingerprint density at radius 1 is 1.21 bits per heavy atom. The molecule has 6 heteroatoms. The van der Waals surface area contributed by atoms with E-state index < -0.39 is 0 Å². The van der Waals surface area contributed by atoms with Crippen LogP contribution >= 0.6 is 11.6 Å². The molecule has 0 saturated carbocycles. The topological polar surface area (TPSA) is 47.4 Å². The number of carbonyl (C=O) groups is 1. The van der Waals surface area contributed by atoms with Crippen LogP contribution in [0.2, 0.25) is 5.02 Å². The van der Waals surface area contributed by atoms with Crippen LogP contribution < -0.4 is 4.74 Å². The molecule has 1 atom stereocenters. The van der Waals surface area contributed by atoms with Crippen molar-refractivity contribution < 1.29 is 9.53 Å². The fraction of sp³-hybridized carbons (Fsp3) is 0.364. The number of halogens is 1. The smallest absolute Gasteiger partial charge is 0.222 e. The Morgan fingerprint density at radius 2 is 2.00 bits per heavy atom. The molecule has 4 rings (SSSR count). The van der Waals surface area contributed by atoms with Crippen LogP contribution in [0.1, 0.15) is 38.1 Å². The molecule has 2 heterocycles. The highest BCUT2D eigenvalue weighted by Crippen LogP contribution is 2.33. The van der Waals surface area contributed by atoms with Gasteiger partial charge >= 0.3 is 0 Å². The average molecular weight is 398 g/mol. The van der Waals surface area contributed by atoms with Crippen LogP contribution in [0.5, 0.6) is 5.75 Å². The highest BCUT2D eigenvalue weighted by molar-refractivity contribution is 6.30. The van der Waals surface area contributed by atoms with Gasteiger partial charge in [-0.1, -0.05) is 30.7 Å². The van der Waals surface area contributed by atoms with Gasteiger partial charge in [0.2, 0.25) is 5.91 Å². The zero-order chi connectivity index (χ0) is 19.5. The fourth-order valence-electron chi connectivity index (χ4n) is 3.91. The number of ether oxygens (including phenoxy) is 1. The van der Waals surface area contributed by atoms with Crippen LogP contribution in [-0.4, -0.2) is 33.5 Å². The normalized spacial score (nSPS) is 16.6. The van der Waals surface area contributed by atoms with Crippen LogP contribution in [0.25, 0.3) is 11.0 Å². The number of likely N-dealkylation sites (tertiary alicyclic amines) is 1. The van der Waals surface area contributed by atoms with Crippen molar-refractivity contribution in [2.45, 2.75) is 38.8 Å². The summed E-state index contributed by atoms with van der Waals surface area (Å²) >= 11 is 5.94. The van der Waals surface area contributed by atoms with Gasteiger partial charge in [-0.3, -0.25) is 4.79 Å². The Balaban J connectivity index is 1.60. The van der Waals surface area contributed by atoms with E-state index in [4.69, 9.17) is 21.3 Å². The highest BCUT2D eigenvalue weighted by atomic mass is 35.5. The Morgan fingerprint density at radius 3 is 2.79 bits per heavy atom. The van der Waals surface area contributed by atoms with Crippen molar-refractivity contribution in [3.63, 3.8) is 0 Å². The summed E-state index contributed by atoms with van der Waals surface area (Å²) in [6.07, 6.45) is 2.49. The van der Waals surface area contributed by atoms with Crippen LogP contribution in [-0.2, 0) is 11.3 Å². The van der Waals surface area contributed by atoms with Crippen LogP contribution in [0.15, 0.2) is 48.5 Å². The summed E-state index contributed by atoms with van der Waals surface area (Å²) in [5.41, 5.74) is 2.03. The second-order valence-electron chi connectivity index (χ2n) is 7.01. The van der Waals surface area contributed by atoms with Gasteiger partial charge < -0.3 is 14.2 Å². The number of aromatic nitrogens is 2. The second kappa shape index (κ2) is 8.23. The molecule has 3 aromatic rings. The minimum atomic E-state index is 0.0374. The monoisotopic (exact) mass is 397 g/mol. The van der Waals surface area contributed by atoms with E-state index in [9.17, 15) is 4.79 Å². The molecule has 0 aliphatic carbocycles. The molecular weight excluding hydrogens is 374 g/mol. The molecule has 0 radical (unpaired) electrons. The highest BCUT2D eigenvalue weighted by Gasteiger charge is 2.32. The van der Waals surface area contributed by atoms with E-state index in [0.717, 1.165) is 42.0 Å². The van der Waals surface area contributed by atoms with Gasteiger partial charge in [0.25, 0.3) is 0 Å². The maximum atomic E-state index is 12.4. The number of carbonyl (C=O) groups excluding carboxylic acids is 1. The minimum Gasteiger partial charge on any atom is -0.492 e. The van der Waals surface area contributed by atoms with E-state index in [0.29, 0.717) is 24.6 Å². The molecule has 1 aliphatic rings. The number of benzene rings is 2. The predicted molar refractivity (Wildman–Crippen MR) is 111 cm³/mol. The van der Waals surface area contributed by atoms with E-state index >= 15 is 0 Å². The first kappa shape index (κ1) is 18.8. The molecule has 28 heavy (non-hydrogen) atoms. The molecule has 0 bridgehead atoms.